The number of hydrogen-bond donors (Lipinski definition) is 1. The SMILES string of the molecule is CN(C)[C@@H](c1ccc2c(c1)OCO2)c1n[nH]c(C2CC2)n1. The van der Waals surface area contributed by atoms with Gasteiger partial charge in [0.25, 0.3) is 0 Å². The van der Waals surface area contributed by atoms with Crippen molar-refractivity contribution in [3.8, 4) is 11.5 Å². The largest absolute Gasteiger partial charge is 0.454 e. The topological polar surface area (TPSA) is 63.3 Å². The second-order valence-corrected chi connectivity index (χ2v) is 5.83. The van der Waals surface area contributed by atoms with Gasteiger partial charge in [-0.05, 0) is 44.6 Å². The van der Waals surface area contributed by atoms with Crippen molar-refractivity contribution >= 4 is 0 Å². The summed E-state index contributed by atoms with van der Waals surface area (Å²) >= 11 is 0. The summed E-state index contributed by atoms with van der Waals surface area (Å²) in [5, 5.41) is 7.50. The molecule has 1 N–H and O–H groups in total. The molecule has 1 fully saturated rings. The van der Waals surface area contributed by atoms with E-state index < -0.39 is 0 Å². The lowest BCUT2D eigenvalue weighted by atomic mass is 10.0. The van der Waals surface area contributed by atoms with E-state index in [0.29, 0.717) is 5.92 Å². The molecule has 1 aromatic carbocycles. The van der Waals surface area contributed by atoms with Gasteiger partial charge in [-0.1, -0.05) is 6.07 Å². The Balaban J connectivity index is 1.69. The van der Waals surface area contributed by atoms with Gasteiger partial charge < -0.3 is 9.47 Å². The van der Waals surface area contributed by atoms with Gasteiger partial charge in [0, 0.05) is 5.92 Å². The molecule has 1 saturated carbocycles. The highest BCUT2D eigenvalue weighted by molar-refractivity contribution is 5.46. The van der Waals surface area contributed by atoms with Gasteiger partial charge in [0.15, 0.2) is 17.3 Å². The van der Waals surface area contributed by atoms with E-state index in [9.17, 15) is 0 Å². The smallest absolute Gasteiger partial charge is 0.231 e. The van der Waals surface area contributed by atoms with Crippen LogP contribution in [0.2, 0.25) is 0 Å². The normalized spacial score (nSPS) is 18.2. The number of nitrogens with zero attached hydrogens (tertiary/aromatic N) is 3. The van der Waals surface area contributed by atoms with Crippen LogP contribution in [0.5, 0.6) is 11.5 Å². The van der Waals surface area contributed by atoms with E-state index in [1.807, 2.05) is 32.3 Å². The second-order valence-electron chi connectivity index (χ2n) is 5.83. The van der Waals surface area contributed by atoms with Crippen molar-refractivity contribution in [2.45, 2.75) is 24.8 Å². The summed E-state index contributed by atoms with van der Waals surface area (Å²) in [4.78, 5) is 6.79. The van der Waals surface area contributed by atoms with Crippen LogP contribution in [-0.2, 0) is 0 Å². The predicted molar refractivity (Wildman–Crippen MR) is 76.5 cm³/mol. The summed E-state index contributed by atoms with van der Waals surface area (Å²) in [5.74, 6) is 3.98. The van der Waals surface area contributed by atoms with Crippen molar-refractivity contribution < 1.29 is 9.47 Å². The zero-order chi connectivity index (χ0) is 14.4. The minimum atomic E-state index is 0.00301. The molecular weight excluding hydrogens is 268 g/mol. The molecule has 110 valence electrons. The molecule has 6 heteroatoms. The number of nitrogens with one attached hydrogen (secondary N) is 1. The van der Waals surface area contributed by atoms with Crippen LogP contribution in [0.15, 0.2) is 18.2 Å². The second kappa shape index (κ2) is 4.73. The average molecular weight is 286 g/mol. The molecule has 2 aliphatic rings. The lowest BCUT2D eigenvalue weighted by Gasteiger charge is -2.22. The van der Waals surface area contributed by atoms with Crippen molar-refractivity contribution in [1.82, 2.24) is 20.1 Å². The average Bonchev–Trinajstić information content (AvgIpc) is 3.02. The summed E-state index contributed by atoms with van der Waals surface area (Å²) in [6.07, 6.45) is 2.43. The Bertz CT molecular complexity index is 663. The fourth-order valence-electron chi connectivity index (χ4n) is 2.71. The standard InChI is InChI=1S/C15H18N4O2/c1-19(2)13(15-16-14(17-18-15)9-3-4-9)10-5-6-11-12(7-10)21-8-20-11/h5-7,9,13H,3-4,8H2,1-2H3,(H,16,17,18)/t13-/m0/s1. The third-order valence-corrected chi connectivity index (χ3v) is 3.96. The van der Waals surface area contributed by atoms with E-state index in [-0.39, 0.29) is 12.8 Å². The summed E-state index contributed by atoms with van der Waals surface area (Å²) < 4.78 is 10.8. The molecule has 1 atom stereocenters. The predicted octanol–water partition coefficient (Wildman–Crippen LogP) is 2.06. The molecule has 2 aromatic rings. The number of benzene rings is 1. The number of rotatable bonds is 4. The number of aromatic amines is 1. The molecule has 1 aromatic heterocycles. The van der Waals surface area contributed by atoms with E-state index in [1.165, 1.54) is 12.8 Å². The highest BCUT2D eigenvalue weighted by atomic mass is 16.7. The van der Waals surface area contributed by atoms with Crippen molar-refractivity contribution in [3.05, 3.63) is 35.4 Å². The maximum absolute atomic E-state index is 5.47. The first-order valence-electron chi connectivity index (χ1n) is 7.20. The molecule has 0 amide bonds. The Labute approximate surface area is 123 Å². The number of aromatic nitrogens is 3. The Kier molecular flexibility index (Phi) is 2.85. The van der Waals surface area contributed by atoms with Crippen molar-refractivity contribution in [1.29, 1.82) is 0 Å². The number of ether oxygens (including phenoxy) is 2. The van der Waals surface area contributed by atoms with E-state index >= 15 is 0 Å². The quantitative estimate of drug-likeness (QED) is 0.932. The molecule has 2 heterocycles. The first-order chi connectivity index (χ1) is 10.2. The molecule has 0 saturated heterocycles. The monoisotopic (exact) mass is 286 g/mol. The molecule has 4 rings (SSSR count). The van der Waals surface area contributed by atoms with Gasteiger partial charge in [0.2, 0.25) is 6.79 Å². The van der Waals surface area contributed by atoms with E-state index in [2.05, 4.69) is 20.1 Å². The molecular formula is C15H18N4O2. The van der Waals surface area contributed by atoms with Crippen LogP contribution in [0.4, 0.5) is 0 Å². The zero-order valence-corrected chi connectivity index (χ0v) is 12.2. The maximum Gasteiger partial charge on any atom is 0.231 e. The number of H-pyrrole nitrogens is 1. The molecule has 6 nitrogen and oxygen atoms in total. The van der Waals surface area contributed by atoms with Crippen LogP contribution in [0.1, 0.15) is 42.0 Å². The van der Waals surface area contributed by atoms with Gasteiger partial charge in [-0.15, -0.1) is 0 Å². The van der Waals surface area contributed by atoms with Gasteiger partial charge in [-0.2, -0.15) is 5.10 Å². The molecule has 0 bridgehead atoms. The third-order valence-electron chi connectivity index (χ3n) is 3.96. The highest BCUT2D eigenvalue weighted by Crippen LogP contribution is 2.39. The third kappa shape index (κ3) is 2.25. The summed E-state index contributed by atoms with van der Waals surface area (Å²) in [7, 11) is 4.06. The van der Waals surface area contributed by atoms with Gasteiger partial charge in [0.05, 0.1) is 6.04 Å². The van der Waals surface area contributed by atoms with Crippen molar-refractivity contribution in [2.24, 2.45) is 0 Å². The minimum absolute atomic E-state index is 0.00301. The van der Waals surface area contributed by atoms with Crippen LogP contribution >= 0.6 is 0 Å². The van der Waals surface area contributed by atoms with E-state index in [0.717, 1.165) is 28.7 Å². The Morgan fingerprint density at radius 2 is 2.05 bits per heavy atom. The molecule has 21 heavy (non-hydrogen) atoms. The van der Waals surface area contributed by atoms with Crippen LogP contribution in [0.25, 0.3) is 0 Å². The molecule has 0 spiro atoms. The number of fused-ring (bicyclic) bond motifs is 1. The Hall–Kier alpha value is -2.08. The van der Waals surface area contributed by atoms with Crippen LogP contribution in [0, 0.1) is 0 Å². The maximum atomic E-state index is 5.47. The fraction of sp³-hybridized carbons (Fsp3) is 0.467. The van der Waals surface area contributed by atoms with Gasteiger partial charge in [0.1, 0.15) is 5.82 Å². The van der Waals surface area contributed by atoms with Gasteiger partial charge in [-0.3, -0.25) is 10.00 Å². The number of hydrogen-bond acceptors (Lipinski definition) is 5. The van der Waals surface area contributed by atoms with Gasteiger partial charge >= 0.3 is 0 Å². The lowest BCUT2D eigenvalue weighted by molar-refractivity contribution is 0.174. The first kappa shape index (κ1) is 12.6. The van der Waals surface area contributed by atoms with Crippen molar-refractivity contribution in [3.63, 3.8) is 0 Å². The van der Waals surface area contributed by atoms with Crippen LogP contribution in [-0.4, -0.2) is 41.0 Å². The minimum Gasteiger partial charge on any atom is -0.454 e. The van der Waals surface area contributed by atoms with Crippen molar-refractivity contribution in [2.75, 3.05) is 20.9 Å². The molecule has 1 aliphatic heterocycles. The zero-order valence-electron chi connectivity index (χ0n) is 12.2. The Morgan fingerprint density at radius 3 is 2.81 bits per heavy atom. The first-order valence-corrected chi connectivity index (χ1v) is 7.20. The van der Waals surface area contributed by atoms with Crippen LogP contribution < -0.4 is 9.47 Å². The highest BCUT2D eigenvalue weighted by Gasteiger charge is 2.30. The fourth-order valence-corrected chi connectivity index (χ4v) is 2.71. The van der Waals surface area contributed by atoms with Crippen LogP contribution in [0.3, 0.4) is 0 Å². The summed E-state index contributed by atoms with van der Waals surface area (Å²) in [6.45, 7) is 0.290. The van der Waals surface area contributed by atoms with Gasteiger partial charge in [-0.25, -0.2) is 4.98 Å². The van der Waals surface area contributed by atoms with E-state index in [1.54, 1.807) is 0 Å². The summed E-state index contributed by atoms with van der Waals surface area (Å²) in [5.41, 5.74) is 1.10. The molecule has 0 unspecified atom stereocenters. The molecule has 1 aliphatic carbocycles. The van der Waals surface area contributed by atoms with E-state index in [4.69, 9.17) is 9.47 Å². The summed E-state index contributed by atoms with van der Waals surface area (Å²) in [6, 6.07) is 6.01. The Morgan fingerprint density at radius 1 is 1.24 bits per heavy atom. The lowest BCUT2D eigenvalue weighted by Crippen LogP contribution is -2.22. The molecule has 0 radical (unpaired) electrons.